The predicted molar refractivity (Wildman–Crippen MR) is 71.6 cm³/mol. The highest BCUT2D eigenvalue weighted by atomic mass is 16.5. The van der Waals surface area contributed by atoms with Gasteiger partial charge in [0.05, 0.1) is 14.2 Å². The average molecular weight is 251 g/mol. The molecule has 1 fully saturated rings. The maximum absolute atomic E-state index is 9.10. The number of nitrogens with zero attached hydrogens (tertiary/aromatic N) is 1. The molecule has 0 bridgehead atoms. The van der Waals surface area contributed by atoms with Crippen LogP contribution in [-0.2, 0) is 0 Å². The largest absolute Gasteiger partial charge is 0.493 e. The van der Waals surface area contributed by atoms with Crippen molar-refractivity contribution in [1.82, 2.24) is 0 Å². The second-order valence-corrected chi connectivity index (χ2v) is 4.54. The number of benzene rings is 1. The van der Waals surface area contributed by atoms with Crippen molar-refractivity contribution in [3.05, 3.63) is 18.2 Å². The van der Waals surface area contributed by atoms with Crippen LogP contribution < -0.4 is 14.4 Å². The summed E-state index contributed by atoms with van der Waals surface area (Å²) in [5.74, 6) is 1.50. The van der Waals surface area contributed by atoms with Crippen LogP contribution in [0.3, 0.4) is 0 Å². The molecule has 0 spiro atoms. The summed E-state index contributed by atoms with van der Waals surface area (Å²) in [6, 6.07) is 6.43. The quantitative estimate of drug-likeness (QED) is 0.869. The zero-order chi connectivity index (χ0) is 13.0. The summed E-state index contributed by atoms with van der Waals surface area (Å²) < 4.78 is 10.6. The Morgan fingerprint density at radius 1 is 1.28 bits per heavy atom. The van der Waals surface area contributed by atoms with E-state index in [0.717, 1.165) is 36.6 Å². The van der Waals surface area contributed by atoms with E-state index in [2.05, 4.69) is 11.0 Å². The van der Waals surface area contributed by atoms with E-state index < -0.39 is 0 Å². The van der Waals surface area contributed by atoms with Gasteiger partial charge in [-0.2, -0.15) is 0 Å². The van der Waals surface area contributed by atoms with Crippen LogP contribution in [0.5, 0.6) is 11.5 Å². The molecule has 0 amide bonds. The Kier molecular flexibility index (Phi) is 4.31. The number of aliphatic hydroxyl groups excluding tert-OH is 1. The van der Waals surface area contributed by atoms with Gasteiger partial charge in [-0.3, -0.25) is 0 Å². The Morgan fingerprint density at radius 2 is 2.06 bits per heavy atom. The Hall–Kier alpha value is -1.42. The monoisotopic (exact) mass is 251 g/mol. The van der Waals surface area contributed by atoms with Gasteiger partial charge in [0, 0.05) is 30.9 Å². The van der Waals surface area contributed by atoms with Gasteiger partial charge in [0.25, 0.3) is 0 Å². The highest BCUT2D eigenvalue weighted by molar-refractivity contribution is 5.57. The minimum Gasteiger partial charge on any atom is -0.493 e. The van der Waals surface area contributed by atoms with Crippen molar-refractivity contribution in [2.45, 2.75) is 25.3 Å². The molecule has 0 aromatic heterocycles. The molecular weight excluding hydrogens is 230 g/mol. The Balaban J connectivity index is 2.22. The third-order valence-corrected chi connectivity index (χ3v) is 3.54. The van der Waals surface area contributed by atoms with E-state index >= 15 is 0 Å². The summed E-state index contributed by atoms with van der Waals surface area (Å²) in [6.07, 6.45) is 3.16. The minimum atomic E-state index is 0.245. The first-order valence-electron chi connectivity index (χ1n) is 6.39. The minimum absolute atomic E-state index is 0.245. The van der Waals surface area contributed by atoms with E-state index in [9.17, 15) is 0 Å². The van der Waals surface area contributed by atoms with E-state index in [1.165, 1.54) is 6.42 Å². The van der Waals surface area contributed by atoms with Crippen LogP contribution in [0.2, 0.25) is 0 Å². The fraction of sp³-hybridized carbons (Fsp3) is 0.571. The van der Waals surface area contributed by atoms with E-state index in [1.807, 2.05) is 12.1 Å². The fourth-order valence-corrected chi connectivity index (χ4v) is 2.63. The maximum atomic E-state index is 9.10. The molecule has 1 unspecified atom stereocenters. The molecule has 1 atom stereocenters. The maximum Gasteiger partial charge on any atom is 0.162 e. The molecule has 0 aliphatic carbocycles. The predicted octanol–water partition coefficient (Wildman–Crippen LogP) is 2.05. The molecule has 0 saturated carbocycles. The highest BCUT2D eigenvalue weighted by Gasteiger charge is 2.24. The smallest absolute Gasteiger partial charge is 0.162 e. The standard InChI is InChI=1S/C14H21NO3/c1-17-13-6-5-12(10-14(13)18-2)15-8-3-4-11(15)7-9-16/h5-6,10-11,16H,3-4,7-9H2,1-2H3. The van der Waals surface area contributed by atoms with Crippen LogP contribution in [-0.4, -0.2) is 38.5 Å². The molecular formula is C14H21NO3. The van der Waals surface area contributed by atoms with Gasteiger partial charge in [0.2, 0.25) is 0 Å². The first-order chi connectivity index (χ1) is 8.80. The first-order valence-corrected chi connectivity index (χ1v) is 6.39. The van der Waals surface area contributed by atoms with E-state index in [0.29, 0.717) is 6.04 Å². The molecule has 1 aromatic carbocycles. The molecule has 1 aromatic rings. The van der Waals surface area contributed by atoms with E-state index in [-0.39, 0.29) is 6.61 Å². The van der Waals surface area contributed by atoms with Gasteiger partial charge in [-0.15, -0.1) is 0 Å². The molecule has 0 radical (unpaired) electrons. The van der Waals surface area contributed by atoms with Gasteiger partial charge in [0.15, 0.2) is 11.5 Å². The van der Waals surface area contributed by atoms with Crippen LogP contribution in [0.25, 0.3) is 0 Å². The van der Waals surface area contributed by atoms with Crippen molar-refractivity contribution in [3.63, 3.8) is 0 Å². The lowest BCUT2D eigenvalue weighted by atomic mass is 10.1. The lowest BCUT2D eigenvalue weighted by Crippen LogP contribution is -2.29. The molecule has 1 aliphatic rings. The van der Waals surface area contributed by atoms with Gasteiger partial charge < -0.3 is 19.5 Å². The normalized spacial score (nSPS) is 19.1. The number of aliphatic hydroxyl groups is 1. The summed E-state index contributed by atoms with van der Waals surface area (Å²) >= 11 is 0. The summed E-state index contributed by atoms with van der Waals surface area (Å²) in [6.45, 7) is 1.29. The number of hydrogen-bond donors (Lipinski definition) is 1. The lowest BCUT2D eigenvalue weighted by molar-refractivity contribution is 0.276. The van der Waals surface area contributed by atoms with Crippen LogP contribution in [0.15, 0.2) is 18.2 Å². The number of rotatable bonds is 5. The van der Waals surface area contributed by atoms with Crippen molar-refractivity contribution in [2.24, 2.45) is 0 Å². The Bertz CT molecular complexity index is 395. The Labute approximate surface area is 108 Å². The van der Waals surface area contributed by atoms with Crippen molar-refractivity contribution >= 4 is 5.69 Å². The molecule has 18 heavy (non-hydrogen) atoms. The molecule has 4 nitrogen and oxygen atoms in total. The molecule has 100 valence electrons. The van der Waals surface area contributed by atoms with Gasteiger partial charge in [-0.25, -0.2) is 0 Å². The Morgan fingerprint density at radius 3 is 2.72 bits per heavy atom. The molecule has 1 saturated heterocycles. The van der Waals surface area contributed by atoms with E-state index in [1.54, 1.807) is 14.2 Å². The van der Waals surface area contributed by atoms with Crippen LogP contribution in [0, 0.1) is 0 Å². The zero-order valence-corrected chi connectivity index (χ0v) is 11.1. The number of methoxy groups -OCH3 is 2. The van der Waals surface area contributed by atoms with Gasteiger partial charge in [0.1, 0.15) is 0 Å². The summed E-state index contributed by atoms with van der Waals surface area (Å²) in [5, 5.41) is 9.10. The summed E-state index contributed by atoms with van der Waals surface area (Å²) in [4.78, 5) is 2.35. The fourth-order valence-electron chi connectivity index (χ4n) is 2.63. The highest BCUT2D eigenvalue weighted by Crippen LogP contribution is 2.34. The molecule has 1 N–H and O–H groups in total. The lowest BCUT2D eigenvalue weighted by Gasteiger charge is -2.27. The van der Waals surface area contributed by atoms with Gasteiger partial charge >= 0.3 is 0 Å². The summed E-state index contributed by atoms with van der Waals surface area (Å²) in [7, 11) is 3.29. The third kappa shape index (κ3) is 2.53. The molecule has 1 aliphatic heterocycles. The van der Waals surface area contributed by atoms with Gasteiger partial charge in [-0.1, -0.05) is 0 Å². The zero-order valence-electron chi connectivity index (χ0n) is 11.1. The van der Waals surface area contributed by atoms with Crippen molar-refractivity contribution in [1.29, 1.82) is 0 Å². The second-order valence-electron chi connectivity index (χ2n) is 4.54. The van der Waals surface area contributed by atoms with Crippen molar-refractivity contribution < 1.29 is 14.6 Å². The van der Waals surface area contributed by atoms with Crippen LogP contribution in [0.1, 0.15) is 19.3 Å². The average Bonchev–Trinajstić information content (AvgIpc) is 2.86. The number of ether oxygens (including phenoxy) is 2. The topological polar surface area (TPSA) is 41.9 Å². The van der Waals surface area contributed by atoms with Crippen LogP contribution >= 0.6 is 0 Å². The number of anilines is 1. The van der Waals surface area contributed by atoms with E-state index in [4.69, 9.17) is 14.6 Å². The van der Waals surface area contributed by atoms with Crippen molar-refractivity contribution in [2.75, 3.05) is 32.3 Å². The van der Waals surface area contributed by atoms with Gasteiger partial charge in [-0.05, 0) is 31.4 Å². The first kappa shape index (κ1) is 13.0. The summed E-state index contributed by atoms with van der Waals surface area (Å²) in [5.41, 5.74) is 1.14. The molecule has 1 heterocycles. The van der Waals surface area contributed by atoms with Crippen molar-refractivity contribution in [3.8, 4) is 11.5 Å². The number of hydrogen-bond acceptors (Lipinski definition) is 4. The molecule has 2 rings (SSSR count). The third-order valence-electron chi connectivity index (χ3n) is 3.54. The molecule has 4 heteroatoms. The second kappa shape index (κ2) is 5.96. The van der Waals surface area contributed by atoms with Crippen LogP contribution in [0.4, 0.5) is 5.69 Å². The SMILES string of the molecule is COc1ccc(N2CCCC2CCO)cc1OC.